The molecule has 3 amide bonds. The molecule has 0 aliphatic heterocycles. The van der Waals surface area contributed by atoms with Crippen LogP contribution in [0.25, 0.3) is 0 Å². The van der Waals surface area contributed by atoms with E-state index in [-0.39, 0.29) is 11.9 Å². The number of amides is 3. The van der Waals surface area contributed by atoms with Gasteiger partial charge in [0.2, 0.25) is 5.91 Å². The first-order valence-corrected chi connectivity index (χ1v) is 8.93. The molecule has 2 rings (SSSR count). The predicted molar refractivity (Wildman–Crippen MR) is 102 cm³/mol. The Labute approximate surface area is 156 Å². The minimum Gasteiger partial charge on any atom is -0.341 e. The fourth-order valence-electron chi connectivity index (χ4n) is 2.56. The van der Waals surface area contributed by atoms with Crippen LogP contribution in [0.3, 0.4) is 0 Å². The van der Waals surface area contributed by atoms with Gasteiger partial charge in [0.15, 0.2) is 0 Å². The lowest BCUT2D eigenvalue weighted by atomic mass is 10.00. The van der Waals surface area contributed by atoms with E-state index in [0.717, 1.165) is 22.0 Å². The highest BCUT2D eigenvalue weighted by Gasteiger charge is 2.25. The van der Waals surface area contributed by atoms with Crippen LogP contribution in [0.1, 0.15) is 36.6 Å². The van der Waals surface area contributed by atoms with Crippen LogP contribution in [-0.2, 0) is 4.79 Å². The lowest BCUT2D eigenvalue weighted by molar-refractivity contribution is -0.122. The van der Waals surface area contributed by atoms with E-state index >= 15 is 0 Å². The van der Waals surface area contributed by atoms with Crippen molar-refractivity contribution in [3.05, 3.63) is 70.2 Å². The number of hydrogen-bond donors (Lipinski definition) is 3. The molecule has 0 radical (unpaired) electrons. The van der Waals surface area contributed by atoms with E-state index in [0.29, 0.717) is 0 Å². The first kappa shape index (κ1) is 19.1. The Morgan fingerprint density at radius 1 is 1.00 bits per heavy atom. The number of benzene rings is 2. The van der Waals surface area contributed by atoms with Crippen LogP contribution in [0.15, 0.2) is 59.1 Å². The number of hydrogen-bond acceptors (Lipinski definition) is 3. The van der Waals surface area contributed by atoms with Crippen molar-refractivity contribution in [1.82, 2.24) is 16.0 Å². The lowest BCUT2D eigenvalue weighted by Gasteiger charge is -2.25. The van der Waals surface area contributed by atoms with Gasteiger partial charge in [0.05, 0.1) is 0 Å². The van der Waals surface area contributed by atoms with Crippen molar-refractivity contribution in [2.45, 2.75) is 25.4 Å². The monoisotopic (exact) mass is 403 g/mol. The van der Waals surface area contributed by atoms with Gasteiger partial charge in [-0.05, 0) is 29.7 Å². The van der Waals surface area contributed by atoms with Crippen LogP contribution in [0, 0.1) is 0 Å². The van der Waals surface area contributed by atoms with E-state index < -0.39 is 12.1 Å². The van der Waals surface area contributed by atoms with Crippen molar-refractivity contribution in [3.8, 4) is 0 Å². The molecule has 0 aliphatic rings. The summed E-state index contributed by atoms with van der Waals surface area (Å²) in [5.74, 6) is -0.388. The van der Waals surface area contributed by atoms with Crippen LogP contribution in [0.4, 0.5) is 4.79 Å². The Kier molecular flexibility index (Phi) is 7.16. The third-order valence-corrected chi connectivity index (χ3v) is 4.44. The zero-order valence-electron chi connectivity index (χ0n) is 14.3. The van der Waals surface area contributed by atoms with Gasteiger partial charge in [0, 0.05) is 17.6 Å². The topological polar surface area (TPSA) is 70.2 Å². The summed E-state index contributed by atoms with van der Waals surface area (Å²) in [7, 11) is 1.48. The van der Waals surface area contributed by atoms with E-state index in [1.807, 2.05) is 54.6 Å². The van der Waals surface area contributed by atoms with E-state index in [9.17, 15) is 9.59 Å². The van der Waals surface area contributed by atoms with Crippen molar-refractivity contribution in [1.29, 1.82) is 0 Å². The number of carbonyl (C=O) groups excluding carboxylic acids is 2. The predicted octanol–water partition coefficient (Wildman–Crippen LogP) is 3.69. The Morgan fingerprint density at radius 3 is 2.20 bits per heavy atom. The minimum absolute atomic E-state index is 0.0197. The third-order valence-electron chi connectivity index (χ3n) is 3.91. The second-order valence-corrected chi connectivity index (χ2v) is 6.51. The summed E-state index contributed by atoms with van der Waals surface area (Å²) in [6.45, 7) is 2.05. The van der Waals surface area contributed by atoms with Gasteiger partial charge in [0.25, 0.3) is 0 Å². The normalized spacial score (nSPS) is 12.9. The van der Waals surface area contributed by atoms with Crippen molar-refractivity contribution < 1.29 is 9.59 Å². The summed E-state index contributed by atoms with van der Waals surface area (Å²) in [4.78, 5) is 24.2. The highest BCUT2D eigenvalue weighted by atomic mass is 79.9. The lowest BCUT2D eigenvalue weighted by Crippen LogP contribution is -2.44. The molecule has 2 aromatic rings. The van der Waals surface area contributed by atoms with Gasteiger partial charge < -0.3 is 5.32 Å². The highest BCUT2D eigenvalue weighted by molar-refractivity contribution is 9.10. The van der Waals surface area contributed by atoms with Gasteiger partial charge in [-0.2, -0.15) is 0 Å². The molecule has 0 heterocycles. The minimum atomic E-state index is -0.632. The molecular formula is C19H22BrN3O2. The molecule has 0 fully saturated rings. The molecule has 0 aromatic heterocycles. The number of imide groups is 1. The standard InChI is InChI=1S/C19H22BrN3O2/c1-3-16(13-9-11-15(20)12-10-13)22-17(14-7-5-4-6-8-14)18(24)23-19(25)21-2/h4-12,16-17,22H,3H2,1-2H3,(H2,21,23,24,25)/t16-,17-/m1/s1. The summed E-state index contributed by atoms with van der Waals surface area (Å²) in [5, 5.41) is 8.14. The number of urea groups is 1. The largest absolute Gasteiger partial charge is 0.341 e. The maximum Gasteiger partial charge on any atom is 0.321 e. The molecule has 6 heteroatoms. The van der Waals surface area contributed by atoms with Crippen molar-refractivity contribution in [2.75, 3.05) is 7.05 Å². The van der Waals surface area contributed by atoms with Crippen LogP contribution in [0.2, 0.25) is 0 Å². The van der Waals surface area contributed by atoms with Crippen LogP contribution in [0.5, 0.6) is 0 Å². The molecular weight excluding hydrogens is 382 g/mol. The summed E-state index contributed by atoms with van der Waals surface area (Å²) in [6, 6.07) is 16.2. The average Bonchev–Trinajstić information content (AvgIpc) is 2.64. The first-order chi connectivity index (χ1) is 12.0. The molecule has 5 nitrogen and oxygen atoms in total. The highest BCUT2D eigenvalue weighted by Crippen LogP contribution is 2.24. The van der Waals surface area contributed by atoms with Crippen molar-refractivity contribution in [2.24, 2.45) is 0 Å². The average molecular weight is 404 g/mol. The maximum absolute atomic E-state index is 12.6. The van der Waals surface area contributed by atoms with Gasteiger partial charge in [-0.3, -0.25) is 15.4 Å². The summed E-state index contributed by atoms with van der Waals surface area (Å²) in [5.41, 5.74) is 1.89. The SMILES string of the molecule is CC[C@@H](N[C@@H](C(=O)NC(=O)NC)c1ccccc1)c1ccc(Br)cc1. The third kappa shape index (κ3) is 5.41. The molecule has 25 heavy (non-hydrogen) atoms. The zero-order chi connectivity index (χ0) is 18.2. The molecule has 0 saturated heterocycles. The Bertz CT molecular complexity index is 704. The molecule has 0 spiro atoms. The van der Waals surface area contributed by atoms with Gasteiger partial charge in [-0.25, -0.2) is 4.79 Å². The van der Waals surface area contributed by atoms with Crippen LogP contribution < -0.4 is 16.0 Å². The summed E-state index contributed by atoms with van der Waals surface area (Å²) in [6.07, 6.45) is 0.804. The first-order valence-electron chi connectivity index (χ1n) is 8.14. The quantitative estimate of drug-likeness (QED) is 0.688. The smallest absolute Gasteiger partial charge is 0.321 e. The number of nitrogens with one attached hydrogen (secondary N) is 3. The second kappa shape index (κ2) is 9.34. The molecule has 3 N–H and O–H groups in total. The van der Waals surface area contributed by atoms with Gasteiger partial charge >= 0.3 is 6.03 Å². The molecule has 2 aromatic carbocycles. The maximum atomic E-state index is 12.6. The fraction of sp³-hybridized carbons (Fsp3) is 0.263. The zero-order valence-corrected chi connectivity index (χ0v) is 15.8. The van der Waals surface area contributed by atoms with Gasteiger partial charge in [-0.1, -0.05) is 65.3 Å². The Hall–Kier alpha value is -2.18. The van der Waals surface area contributed by atoms with Gasteiger partial charge in [0.1, 0.15) is 6.04 Å². The van der Waals surface area contributed by atoms with Gasteiger partial charge in [-0.15, -0.1) is 0 Å². The van der Waals surface area contributed by atoms with Crippen molar-refractivity contribution >= 4 is 27.9 Å². The number of rotatable bonds is 6. The molecule has 0 bridgehead atoms. The van der Waals surface area contributed by atoms with Crippen molar-refractivity contribution in [3.63, 3.8) is 0 Å². The summed E-state index contributed by atoms with van der Waals surface area (Å²) < 4.78 is 1.00. The molecule has 2 atom stereocenters. The van der Waals surface area contributed by atoms with E-state index in [1.54, 1.807) is 0 Å². The Morgan fingerprint density at radius 2 is 1.64 bits per heavy atom. The Balaban J connectivity index is 2.26. The summed E-state index contributed by atoms with van der Waals surface area (Å²) >= 11 is 3.43. The fourth-order valence-corrected chi connectivity index (χ4v) is 2.83. The second-order valence-electron chi connectivity index (χ2n) is 5.59. The molecule has 0 saturated carbocycles. The van der Waals surface area contributed by atoms with Crippen LogP contribution >= 0.6 is 15.9 Å². The van der Waals surface area contributed by atoms with E-state index in [2.05, 4.69) is 38.8 Å². The molecule has 0 aliphatic carbocycles. The van der Waals surface area contributed by atoms with E-state index in [4.69, 9.17) is 0 Å². The number of carbonyl (C=O) groups is 2. The molecule has 0 unspecified atom stereocenters. The number of halogens is 1. The van der Waals surface area contributed by atoms with Crippen LogP contribution in [-0.4, -0.2) is 19.0 Å². The van der Waals surface area contributed by atoms with E-state index in [1.165, 1.54) is 7.05 Å². The molecule has 132 valence electrons.